The molecule has 0 saturated carbocycles. The molecule has 31 heavy (non-hydrogen) atoms. The van der Waals surface area contributed by atoms with E-state index >= 15 is 0 Å². The molecule has 0 saturated heterocycles. The van der Waals surface area contributed by atoms with Crippen molar-refractivity contribution in [2.24, 2.45) is 0 Å². The first-order chi connectivity index (χ1) is 15.0. The van der Waals surface area contributed by atoms with Crippen molar-refractivity contribution in [3.8, 4) is 28.7 Å². The van der Waals surface area contributed by atoms with Crippen molar-refractivity contribution in [2.45, 2.75) is 6.42 Å². The zero-order chi connectivity index (χ0) is 21.8. The number of hydrogen-bond acceptors (Lipinski definition) is 5. The number of aromatic hydroxyl groups is 3. The van der Waals surface area contributed by atoms with Crippen LogP contribution in [-0.2, 0) is 6.42 Å². The van der Waals surface area contributed by atoms with Crippen LogP contribution >= 0.6 is 0 Å². The monoisotopic (exact) mass is 412 g/mol. The Morgan fingerprint density at radius 1 is 0.677 bits per heavy atom. The van der Waals surface area contributed by atoms with Crippen LogP contribution in [0.25, 0.3) is 0 Å². The summed E-state index contributed by atoms with van der Waals surface area (Å²) < 4.78 is 5.73. The van der Waals surface area contributed by atoms with Crippen LogP contribution in [0.3, 0.4) is 0 Å². The number of ketones is 1. The smallest absolute Gasteiger partial charge is 0.201 e. The van der Waals surface area contributed by atoms with Gasteiger partial charge in [0.1, 0.15) is 11.5 Å². The molecule has 0 aliphatic carbocycles. The van der Waals surface area contributed by atoms with Crippen molar-refractivity contribution in [3.05, 3.63) is 113 Å². The molecular formula is C26H20O5. The maximum absolute atomic E-state index is 13.0. The number of carbonyl (C=O) groups excluding carboxylic acids is 1. The van der Waals surface area contributed by atoms with Crippen LogP contribution in [0.2, 0.25) is 0 Å². The predicted octanol–water partition coefficient (Wildman–Crippen LogP) is 5.42. The molecule has 5 heteroatoms. The van der Waals surface area contributed by atoms with E-state index in [4.69, 9.17) is 4.74 Å². The summed E-state index contributed by atoms with van der Waals surface area (Å²) in [7, 11) is 0. The van der Waals surface area contributed by atoms with Gasteiger partial charge in [-0.1, -0.05) is 48.5 Å². The van der Waals surface area contributed by atoms with E-state index in [1.807, 2.05) is 60.7 Å². The molecule has 0 aliphatic rings. The van der Waals surface area contributed by atoms with E-state index in [1.54, 1.807) is 24.3 Å². The van der Waals surface area contributed by atoms with Crippen LogP contribution in [0.4, 0.5) is 0 Å². The number of para-hydroxylation sites is 1. The number of phenolic OH excluding ortho intramolecular Hbond substituents is 3. The third-order valence-electron chi connectivity index (χ3n) is 4.90. The fourth-order valence-corrected chi connectivity index (χ4v) is 3.28. The van der Waals surface area contributed by atoms with Crippen molar-refractivity contribution < 1.29 is 24.9 Å². The van der Waals surface area contributed by atoms with Gasteiger partial charge in [0.15, 0.2) is 17.3 Å². The van der Waals surface area contributed by atoms with E-state index in [2.05, 4.69) is 0 Å². The summed E-state index contributed by atoms with van der Waals surface area (Å²) in [6.07, 6.45) is 0.296. The molecule has 0 unspecified atom stereocenters. The van der Waals surface area contributed by atoms with Crippen LogP contribution in [0.1, 0.15) is 27.0 Å². The Hall–Kier alpha value is -4.25. The standard InChI is InChI=1S/C26H20O5/c27-23(18-11-13-21(14-12-18)31-20-9-5-2-6-10-20)22-16-19(24(28)26(30)25(22)29)15-17-7-3-1-4-8-17/h1-14,16,28-30H,15H2. The SMILES string of the molecule is O=C(c1ccc(Oc2ccccc2)cc1)c1cc(Cc2ccccc2)c(O)c(O)c1O. The van der Waals surface area contributed by atoms with Gasteiger partial charge in [-0.2, -0.15) is 0 Å². The zero-order valence-corrected chi connectivity index (χ0v) is 16.5. The van der Waals surface area contributed by atoms with E-state index < -0.39 is 23.0 Å². The van der Waals surface area contributed by atoms with Crippen molar-refractivity contribution in [2.75, 3.05) is 0 Å². The average Bonchev–Trinajstić information content (AvgIpc) is 2.81. The summed E-state index contributed by atoms with van der Waals surface area (Å²) in [5.41, 5.74) is 1.46. The van der Waals surface area contributed by atoms with E-state index in [0.29, 0.717) is 29.0 Å². The lowest BCUT2D eigenvalue weighted by atomic mass is 9.96. The molecule has 0 bridgehead atoms. The summed E-state index contributed by atoms with van der Waals surface area (Å²) in [6.45, 7) is 0. The molecule has 0 amide bonds. The van der Waals surface area contributed by atoms with Gasteiger partial charge in [-0.15, -0.1) is 0 Å². The minimum absolute atomic E-state index is 0.0852. The fourth-order valence-electron chi connectivity index (χ4n) is 3.28. The lowest BCUT2D eigenvalue weighted by molar-refractivity contribution is 0.103. The second kappa shape index (κ2) is 8.63. The maximum Gasteiger partial charge on any atom is 0.201 e. The largest absolute Gasteiger partial charge is 0.504 e. The Kier molecular flexibility index (Phi) is 5.58. The van der Waals surface area contributed by atoms with E-state index in [9.17, 15) is 20.1 Å². The summed E-state index contributed by atoms with van der Waals surface area (Å²) >= 11 is 0. The first-order valence-electron chi connectivity index (χ1n) is 9.71. The van der Waals surface area contributed by atoms with Crippen molar-refractivity contribution in [1.29, 1.82) is 0 Å². The lowest BCUT2D eigenvalue weighted by Gasteiger charge is -2.13. The highest BCUT2D eigenvalue weighted by Crippen LogP contribution is 2.42. The fraction of sp³-hybridized carbons (Fsp3) is 0.0385. The predicted molar refractivity (Wildman–Crippen MR) is 117 cm³/mol. The summed E-state index contributed by atoms with van der Waals surface area (Å²) in [6, 6.07) is 26.5. The summed E-state index contributed by atoms with van der Waals surface area (Å²) in [4.78, 5) is 13.0. The van der Waals surface area contributed by atoms with Gasteiger partial charge in [-0.3, -0.25) is 4.79 Å². The van der Waals surface area contributed by atoms with Gasteiger partial charge in [0, 0.05) is 17.5 Å². The Balaban J connectivity index is 1.61. The van der Waals surface area contributed by atoms with Gasteiger partial charge in [-0.25, -0.2) is 0 Å². The minimum Gasteiger partial charge on any atom is -0.504 e. The van der Waals surface area contributed by atoms with Gasteiger partial charge in [0.2, 0.25) is 5.75 Å². The topological polar surface area (TPSA) is 87.0 Å². The van der Waals surface area contributed by atoms with Gasteiger partial charge >= 0.3 is 0 Å². The van der Waals surface area contributed by atoms with Crippen LogP contribution in [-0.4, -0.2) is 21.1 Å². The highest BCUT2D eigenvalue weighted by atomic mass is 16.5. The molecule has 4 aromatic rings. The molecule has 0 aromatic heterocycles. The van der Waals surface area contributed by atoms with Gasteiger partial charge in [0.05, 0.1) is 5.56 Å². The van der Waals surface area contributed by atoms with Crippen LogP contribution in [0.15, 0.2) is 91.0 Å². The third-order valence-corrected chi connectivity index (χ3v) is 4.90. The molecule has 0 radical (unpaired) electrons. The van der Waals surface area contributed by atoms with Crippen molar-refractivity contribution in [1.82, 2.24) is 0 Å². The molecule has 0 aliphatic heterocycles. The number of rotatable bonds is 6. The van der Waals surface area contributed by atoms with E-state index in [0.717, 1.165) is 5.56 Å². The third kappa shape index (κ3) is 4.36. The molecule has 0 fully saturated rings. The van der Waals surface area contributed by atoms with Gasteiger partial charge < -0.3 is 20.1 Å². The number of carbonyl (C=O) groups is 1. The maximum atomic E-state index is 13.0. The molecule has 154 valence electrons. The second-order valence-electron chi connectivity index (χ2n) is 7.06. The van der Waals surface area contributed by atoms with Crippen LogP contribution in [0.5, 0.6) is 28.7 Å². The molecule has 3 N–H and O–H groups in total. The van der Waals surface area contributed by atoms with Crippen molar-refractivity contribution in [3.63, 3.8) is 0 Å². The Labute approximate surface area is 179 Å². The quantitative estimate of drug-likeness (QED) is 0.291. The van der Waals surface area contributed by atoms with Gasteiger partial charge in [0.25, 0.3) is 0 Å². The highest BCUT2D eigenvalue weighted by molar-refractivity contribution is 6.11. The number of phenols is 3. The summed E-state index contributed by atoms with van der Waals surface area (Å²) in [5, 5.41) is 30.7. The van der Waals surface area contributed by atoms with Crippen LogP contribution < -0.4 is 4.74 Å². The van der Waals surface area contributed by atoms with Gasteiger partial charge in [-0.05, 0) is 48.0 Å². The zero-order valence-electron chi connectivity index (χ0n) is 16.5. The average molecular weight is 412 g/mol. The Bertz CT molecular complexity index is 1200. The van der Waals surface area contributed by atoms with Crippen LogP contribution in [0, 0.1) is 0 Å². The van der Waals surface area contributed by atoms with E-state index in [1.165, 1.54) is 6.07 Å². The second-order valence-corrected chi connectivity index (χ2v) is 7.06. The summed E-state index contributed by atoms with van der Waals surface area (Å²) in [5.74, 6) is -1.04. The molecule has 4 aromatic carbocycles. The molecule has 4 rings (SSSR count). The van der Waals surface area contributed by atoms with Crippen molar-refractivity contribution >= 4 is 5.78 Å². The minimum atomic E-state index is -0.708. The Morgan fingerprint density at radius 3 is 1.90 bits per heavy atom. The number of benzene rings is 4. The molecule has 5 nitrogen and oxygen atoms in total. The highest BCUT2D eigenvalue weighted by Gasteiger charge is 2.22. The number of ether oxygens (including phenoxy) is 1. The number of hydrogen-bond donors (Lipinski definition) is 3. The van der Waals surface area contributed by atoms with E-state index in [-0.39, 0.29) is 5.56 Å². The lowest BCUT2D eigenvalue weighted by Crippen LogP contribution is -2.04. The first kappa shape index (κ1) is 20.0. The molecular weight excluding hydrogens is 392 g/mol. The molecule has 0 atom stereocenters. The first-order valence-corrected chi connectivity index (χ1v) is 9.71. The molecule has 0 heterocycles. The normalized spacial score (nSPS) is 10.6. The Morgan fingerprint density at radius 2 is 1.26 bits per heavy atom. The molecule has 0 spiro atoms.